The van der Waals surface area contributed by atoms with Crippen LogP contribution in [0.15, 0.2) is 47.4 Å². The van der Waals surface area contributed by atoms with Gasteiger partial charge in [-0.15, -0.1) is 0 Å². The third-order valence-corrected chi connectivity index (χ3v) is 7.07. The standard InChI is InChI=1S/C18H16N2O4S/c1-11-2-5-13(6-3-11)25(21,22)17-16(18(17,20)9-19)12-4-7-14-15(8-12)24-10-23-14/h2-8,16-17H,10,20H2,1H3/t16-,17-,18-/m1/s1. The molecule has 0 saturated heterocycles. The van der Waals surface area contributed by atoms with E-state index in [2.05, 4.69) is 0 Å². The Kier molecular flexibility index (Phi) is 3.33. The average Bonchev–Trinajstić information content (AvgIpc) is 2.99. The van der Waals surface area contributed by atoms with Crippen LogP contribution in [0, 0.1) is 18.3 Å². The van der Waals surface area contributed by atoms with Gasteiger partial charge in [0.25, 0.3) is 0 Å². The van der Waals surface area contributed by atoms with Gasteiger partial charge in [-0.2, -0.15) is 5.26 Å². The molecule has 25 heavy (non-hydrogen) atoms. The Bertz CT molecular complexity index is 995. The van der Waals surface area contributed by atoms with E-state index in [1.165, 1.54) is 0 Å². The third-order valence-electron chi connectivity index (χ3n) is 4.81. The molecule has 0 radical (unpaired) electrons. The number of nitrogens with zero attached hydrogens (tertiary/aromatic N) is 1. The number of benzene rings is 2. The number of hydrogen-bond donors (Lipinski definition) is 1. The maximum Gasteiger partial charge on any atom is 0.231 e. The molecule has 1 aliphatic carbocycles. The molecule has 128 valence electrons. The van der Waals surface area contributed by atoms with Crippen LogP contribution in [0.2, 0.25) is 0 Å². The van der Waals surface area contributed by atoms with Gasteiger partial charge in [0, 0.05) is 5.92 Å². The monoisotopic (exact) mass is 356 g/mol. The van der Waals surface area contributed by atoms with Gasteiger partial charge >= 0.3 is 0 Å². The molecule has 7 heteroatoms. The van der Waals surface area contributed by atoms with Crippen molar-refractivity contribution in [3.05, 3.63) is 53.6 Å². The van der Waals surface area contributed by atoms with Gasteiger partial charge in [0.2, 0.25) is 6.79 Å². The van der Waals surface area contributed by atoms with Crippen molar-refractivity contribution in [2.75, 3.05) is 6.79 Å². The molecule has 3 atom stereocenters. The fraction of sp³-hybridized carbons (Fsp3) is 0.278. The van der Waals surface area contributed by atoms with Gasteiger partial charge in [-0.1, -0.05) is 23.8 Å². The SMILES string of the molecule is Cc1ccc(S(=O)(=O)[C@@H]2[C@@H](c3ccc4c(c3)OCO4)[C@]2(N)C#N)cc1. The molecule has 0 amide bonds. The topological polar surface area (TPSA) is 102 Å². The zero-order valence-corrected chi connectivity index (χ0v) is 14.3. The molecule has 0 spiro atoms. The van der Waals surface area contributed by atoms with Crippen molar-refractivity contribution < 1.29 is 17.9 Å². The van der Waals surface area contributed by atoms with Crippen LogP contribution in [0.3, 0.4) is 0 Å². The van der Waals surface area contributed by atoms with Crippen LogP contribution in [0.1, 0.15) is 17.0 Å². The number of ether oxygens (including phenoxy) is 2. The normalized spacial score (nSPS) is 26.9. The van der Waals surface area contributed by atoms with Gasteiger partial charge < -0.3 is 15.2 Å². The molecule has 4 rings (SSSR count). The van der Waals surface area contributed by atoms with E-state index in [4.69, 9.17) is 15.2 Å². The highest BCUT2D eigenvalue weighted by Gasteiger charge is 2.70. The molecule has 1 aliphatic heterocycles. The van der Waals surface area contributed by atoms with Crippen molar-refractivity contribution in [1.29, 1.82) is 5.26 Å². The zero-order valence-electron chi connectivity index (χ0n) is 13.5. The molecule has 1 fully saturated rings. The fourth-order valence-corrected chi connectivity index (χ4v) is 5.56. The van der Waals surface area contributed by atoms with Crippen LogP contribution in [-0.4, -0.2) is 26.0 Å². The van der Waals surface area contributed by atoms with Crippen LogP contribution in [-0.2, 0) is 9.84 Å². The Balaban J connectivity index is 1.75. The zero-order chi connectivity index (χ0) is 17.8. The summed E-state index contributed by atoms with van der Waals surface area (Å²) in [7, 11) is -3.73. The van der Waals surface area contributed by atoms with Crippen molar-refractivity contribution in [2.24, 2.45) is 5.73 Å². The number of nitriles is 1. The van der Waals surface area contributed by atoms with Crippen LogP contribution in [0.25, 0.3) is 0 Å². The van der Waals surface area contributed by atoms with Crippen LogP contribution in [0.4, 0.5) is 0 Å². The summed E-state index contributed by atoms with van der Waals surface area (Å²) in [6.45, 7) is 2.01. The molecule has 0 unspecified atom stereocenters. The Morgan fingerprint density at radius 3 is 2.52 bits per heavy atom. The van der Waals surface area contributed by atoms with Crippen molar-refractivity contribution in [2.45, 2.75) is 28.5 Å². The van der Waals surface area contributed by atoms with Gasteiger partial charge in [-0.3, -0.25) is 0 Å². The number of nitrogens with two attached hydrogens (primary N) is 1. The minimum Gasteiger partial charge on any atom is -0.454 e. The minimum atomic E-state index is -3.73. The molecule has 2 aromatic carbocycles. The third kappa shape index (κ3) is 2.29. The Morgan fingerprint density at radius 2 is 1.84 bits per heavy atom. The summed E-state index contributed by atoms with van der Waals surface area (Å²) in [5.74, 6) is 0.524. The first-order valence-corrected chi connectivity index (χ1v) is 9.33. The molecular weight excluding hydrogens is 340 g/mol. The molecule has 1 heterocycles. The maximum absolute atomic E-state index is 13.0. The van der Waals surface area contributed by atoms with E-state index in [9.17, 15) is 13.7 Å². The Hall–Kier alpha value is -2.56. The highest BCUT2D eigenvalue weighted by atomic mass is 32.2. The van der Waals surface area contributed by atoms with Gasteiger partial charge in [-0.25, -0.2) is 8.42 Å². The second-order valence-corrected chi connectivity index (χ2v) is 8.48. The van der Waals surface area contributed by atoms with Crippen LogP contribution in [0.5, 0.6) is 11.5 Å². The number of fused-ring (bicyclic) bond motifs is 1. The lowest BCUT2D eigenvalue weighted by Gasteiger charge is -2.05. The number of sulfone groups is 1. The Labute approximate surface area is 145 Å². The van der Waals surface area contributed by atoms with Gasteiger partial charge in [0.05, 0.1) is 11.0 Å². The first-order valence-electron chi connectivity index (χ1n) is 7.78. The van der Waals surface area contributed by atoms with E-state index in [1.54, 1.807) is 42.5 Å². The van der Waals surface area contributed by atoms with Gasteiger partial charge in [0.15, 0.2) is 21.3 Å². The molecule has 1 saturated carbocycles. The van der Waals surface area contributed by atoms with Crippen molar-refractivity contribution in [3.63, 3.8) is 0 Å². The Morgan fingerprint density at radius 1 is 1.16 bits per heavy atom. The molecular formula is C18H16N2O4S. The first kappa shape index (κ1) is 15.9. The van der Waals surface area contributed by atoms with E-state index in [0.717, 1.165) is 5.56 Å². The highest BCUT2D eigenvalue weighted by molar-refractivity contribution is 7.92. The van der Waals surface area contributed by atoms with E-state index in [1.807, 2.05) is 13.0 Å². The highest BCUT2D eigenvalue weighted by Crippen LogP contribution is 2.56. The van der Waals surface area contributed by atoms with Crippen LogP contribution >= 0.6 is 0 Å². The van der Waals surface area contributed by atoms with Crippen molar-refractivity contribution in [1.82, 2.24) is 0 Å². The molecule has 0 aromatic heterocycles. The summed E-state index contributed by atoms with van der Waals surface area (Å²) in [4.78, 5) is 0.177. The second-order valence-electron chi connectivity index (χ2n) is 6.41. The predicted molar refractivity (Wildman–Crippen MR) is 90.0 cm³/mol. The summed E-state index contributed by atoms with van der Waals surface area (Å²) in [5.41, 5.74) is 6.31. The quantitative estimate of drug-likeness (QED) is 0.901. The number of hydrogen-bond acceptors (Lipinski definition) is 6. The van der Waals surface area contributed by atoms with E-state index in [-0.39, 0.29) is 11.7 Å². The van der Waals surface area contributed by atoms with Gasteiger partial charge in [0.1, 0.15) is 10.8 Å². The van der Waals surface area contributed by atoms with E-state index < -0.39 is 26.5 Å². The summed E-state index contributed by atoms with van der Waals surface area (Å²) < 4.78 is 36.6. The van der Waals surface area contributed by atoms with Crippen LogP contribution < -0.4 is 15.2 Å². The largest absolute Gasteiger partial charge is 0.454 e. The lowest BCUT2D eigenvalue weighted by Crippen LogP contribution is -2.29. The van der Waals surface area contributed by atoms with E-state index in [0.29, 0.717) is 17.1 Å². The van der Waals surface area contributed by atoms with Gasteiger partial charge in [-0.05, 0) is 36.8 Å². The first-order chi connectivity index (χ1) is 11.9. The second kappa shape index (κ2) is 5.22. The number of aryl methyl sites for hydroxylation is 1. The lowest BCUT2D eigenvalue weighted by atomic mass is 10.1. The summed E-state index contributed by atoms with van der Waals surface area (Å²) >= 11 is 0. The van der Waals surface area contributed by atoms with Crippen molar-refractivity contribution in [3.8, 4) is 17.6 Å². The van der Waals surface area contributed by atoms with E-state index >= 15 is 0 Å². The van der Waals surface area contributed by atoms with Crippen molar-refractivity contribution >= 4 is 9.84 Å². The molecule has 2 aliphatic rings. The number of rotatable bonds is 3. The summed E-state index contributed by atoms with van der Waals surface area (Å²) in [6, 6.07) is 13.7. The molecule has 2 aromatic rings. The fourth-order valence-electron chi connectivity index (χ4n) is 3.38. The summed E-state index contributed by atoms with van der Waals surface area (Å²) in [5, 5.41) is 8.53. The summed E-state index contributed by atoms with van der Waals surface area (Å²) in [6.07, 6.45) is 0. The minimum absolute atomic E-state index is 0.126. The molecule has 0 bridgehead atoms. The smallest absolute Gasteiger partial charge is 0.231 e. The lowest BCUT2D eigenvalue weighted by molar-refractivity contribution is 0.174. The maximum atomic E-state index is 13.0. The molecule has 2 N–H and O–H groups in total. The average molecular weight is 356 g/mol. The predicted octanol–water partition coefficient (Wildman–Crippen LogP) is 1.88. The molecule has 6 nitrogen and oxygen atoms in total.